The standard InChI is InChI=1S/C17H26N2O3S.C13H18N2O3S.C8H5ClO3S.C5H14N2.C4H8O.2CH4/c1-13(2)10-18-11-17(3,4)12-19-23(20,21)15-5-6-16-14(9-15)7-8-22-16;1-13(2,8-14)9-15-19(16,17)11-3-4-12-10(7-11)5-6-18-12;9-13(10,11)7-1-2-8-6(5-7)3-4-12-8;1-5(2,3-6)4-7;1-4(2)3-5;;/h5-9,13,18-19H,10-12H2,1-4H3;3-7,15H,8-9,14H2,1-2H3;1-5H;3-4,6-7H2,1-2H3;3-4H,1-2H3;2*1H4. The first kappa shape index (κ1) is 64.8. The lowest BCUT2D eigenvalue weighted by Gasteiger charge is -2.26. The minimum atomic E-state index is -3.64. The highest BCUT2D eigenvalue weighted by Crippen LogP contribution is 2.24. The third kappa shape index (κ3) is 23.1. The second-order valence-electron chi connectivity index (χ2n) is 19.0. The molecule has 3 heterocycles. The number of halogens is 1. The SMILES string of the molecule is C.C.CC(C)(CN)CN.CC(C)(CN)CNS(=O)(=O)c1ccc2occc2c1.CC(C)C=O.CC(C)CNCC(C)(C)CNS(=O)(=O)c1ccc2occc2c1.O=S(=O)(Cl)c1ccc2occc2c1. The lowest BCUT2D eigenvalue weighted by Crippen LogP contribution is -2.41. The minimum Gasteiger partial charge on any atom is -0.464 e. The van der Waals surface area contributed by atoms with Crippen LogP contribution in [0.5, 0.6) is 0 Å². The van der Waals surface area contributed by atoms with Gasteiger partial charge in [-0.15, -0.1) is 0 Å². The third-order valence-corrected chi connectivity index (χ3v) is 13.9. The number of carbonyl (C=O) groups is 1. The van der Waals surface area contributed by atoms with E-state index < -0.39 is 29.1 Å². The van der Waals surface area contributed by atoms with Gasteiger partial charge in [-0.25, -0.2) is 34.7 Å². The molecular formula is C49H79ClN6O10S3. The number of aldehydes is 1. The van der Waals surface area contributed by atoms with E-state index in [9.17, 15) is 30.0 Å². The van der Waals surface area contributed by atoms with Gasteiger partial charge in [0.1, 0.15) is 23.0 Å². The van der Waals surface area contributed by atoms with Crippen molar-refractivity contribution in [3.8, 4) is 0 Å². The number of nitrogens with two attached hydrogens (primary N) is 3. The Morgan fingerprint density at radius 1 is 0.551 bits per heavy atom. The maximum Gasteiger partial charge on any atom is 0.261 e. The Hall–Kier alpha value is -4.15. The highest BCUT2D eigenvalue weighted by atomic mass is 35.7. The Morgan fingerprint density at radius 3 is 1.19 bits per heavy atom. The molecule has 390 valence electrons. The van der Waals surface area contributed by atoms with Gasteiger partial charge in [0.2, 0.25) is 20.0 Å². The maximum absolute atomic E-state index is 12.5. The van der Waals surface area contributed by atoms with E-state index in [2.05, 4.69) is 28.6 Å². The van der Waals surface area contributed by atoms with Crippen LogP contribution in [0.15, 0.2) is 120 Å². The summed E-state index contributed by atoms with van der Waals surface area (Å²) in [6.45, 7) is 24.1. The molecule has 0 saturated carbocycles. The first-order valence-corrected chi connectivity index (χ1v) is 26.9. The normalized spacial score (nSPS) is 12.1. The molecule has 3 aromatic heterocycles. The van der Waals surface area contributed by atoms with Crippen LogP contribution in [0.25, 0.3) is 32.9 Å². The molecule has 0 radical (unpaired) electrons. The molecule has 69 heavy (non-hydrogen) atoms. The van der Waals surface area contributed by atoms with E-state index in [0.29, 0.717) is 55.4 Å². The van der Waals surface area contributed by atoms with Crippen LogP contribution in [0.3, 0.4) is 0 Å². The number of sulfonamides is 2. The fraction of sp³-hybridized carbons (Fsp3) is 0.490. The summed E-state index contributed by atoms with van der Waals surface area (Å²) in [6, 6.07) is 19.3. The number of nitrogens with one attached hydrogen (secondary N) is 3. The van der Waals surface area contributed by atoms with Crippen LogP contribution in [0.4, 0.5) is 0 Å². The van der Waals surface area contributed by atoms with Crippen LogP contribution in [0.2, 0.25) is 0 Å². The molecule has 0 amide bonds. The van der Waals surface area contributed by atoms with Gasteiger partial charge in [-0.05, 0) is 121 Å². The van der Waals surface area contributed by atoms with Gasteiger partial charge < -0.3 is 40.6 Å². The lowest BCUT2D eigenvalue weighted by molar-refractivity contribution is -0.110. The summed E-state index contributed by atoms with van der Waals surface area (Å²) in [4.78, 5) is 10.1. The average molecular weight is 1040 g/mol. The molecule has 0 aliphatic carbocycles. The molecule has 0 bridgehead atoms. The topological polar surface area (TPSA) is 273 Å². The van der Waals surface area contributed by atoms with Crippen molar-refractivity contribution in [3.63, 3.8) is 0 Å². The first-order chi connectivity index (χ1) is 31.0. The molecule has 3 aromatic carbocycles. The van der Waals surface area contributed by atoms with Gasteiger partial charge in [0.05, 0.1) is 33.5 Å². The van der Waals surface area contributed by atoms with Gasteiger partial charge in [0.25, 0.3) is 9.05 Å². The van der Waals surface area contributed by atoms with Crippen LogP contribution < -0.4 is 32.0 Å². The van der Waals surface area contributed by atoms with Crippen molar-refractivity contribution in [3.05, 3.63) is 91.6 Å². The van der Waals surface area contributed by atoms with E-state index in [1.54, 1.807) is 60.9 Å². The maximum atomic E-state index is 12.5. The van der Waals surface area contributed by atoms with Crippen molar-refractivity contribution >= 4 is 79.0 Å². The van der Waals surface area contributed by atoms with Crippen molar-refractivity contribution in [1.82, 2.24) is 14.8 Å². The largest absolute Gasteiger partial charge is 0.464 e. The Bertz CT molecular complexity index is 2780. The van der Waals surface area contributed by atoms with Crippen LogP contribution in [-0.4, -0.2) is 77.4 Å². The number of hydrogen-bond acceptors (Lipinski definition) is 14. The summed E-state index contributed by atoms with van der Waals surface area (Å²) in [5, 5.41) is 5.65. The molecule has 6 aromatic rings. The first-order valence-electron chi connectivity index (χ1n) is 21.6. The molecule has 0 fully saturated rings. The lowest BCUT2D eigenvalue weighted by atomic mass is 9.94. The van der Waals surface area contributed by atoms with Gasteiger partial charge >= 0.3 is 0 Å². The number of rotatable bonds is 17. The summed E-state index contributed by atoms with van der Waals surface area (Å²) >= 11 is 0. The van der Waals surface area contributed by atoms with Crippen LogP contribution in [0.1, 0.15) is 84.1 Å². The molecule has 0 aliphatic heterocycles. The molecular weight excluding hydrogens is 964 g/mol. The van der Waals surface area contributed by atoms with E-state index in [1.807, 2.05) is 55.4 Å². The van der Waals surface area contributed by atoms with E-state index in [0.717, 1.165) is 35.5 Å². The van der Waals surface area contributed by atoms with Gasteiger partial charge in [-0.1, -0.05) is 84.1 Å². The van der Waals surface area contributed by atoms with E-state index in [1.165, 1.54) is 30.7 Å². The fourth-order valence-electron chi connectivity index (χ4n) is 4.98. The highest BCUT2D eigenvalue weighted by Gasteiger charge is 2.24. The zero-order valence-electron chi connectivity index (χ0n) is 40.3. The van der Waals surface area contributed by atoms with Crippen LogP contribution >= 0.6 is 10.7 Å². The van der Waals surface area contributed by atoms with Crippen molar-refractivity contribution in [2.24, 2.45) is 45.3 Å². The molecule has 0 unspecified atom stereocenters. The predicted molar refractivity (Wildman–Crippen MR) is 283 cm³/mol. The number of carbonyl (C=O) groups excluding carboxylic acids is 1. The van der Waals surface area contributed by atoms with Gasteiger partial charge in [-0.2, -0.15) is 0 Å². The Kier molecular flexibility index (Phi) is 26.9. The van der Waals surface area contributed by atoms with Crippen LogP contribution in [-0.2, 0) is 33.9 Å². The zero-order chi connectivity index (χ0) is 50.9. The minimum absolute atomic E-state index is 0. The average Bonchev–Trinajstić information content (AvgIpc) is 4.06. The van der Waals surface area contributed by atoms with Crippen LogP contribution in [0, 0.1) is 28.1 Å². The number of fused-ring (bicyclic) bond motifs is 3. The van der Waals surface area contributed by atoms with E-state index in [4.69, 9.17) is 41.1 Å². The molecule has 0 saturated heterocycles. The fourth-order valence-corrected chi connectivity index (χ4v) is 8.32. The Morgan fingerprint density at radius 2 is 0.884 bits per heavy atom. The summed E-state index contributed by atoms with van der Waals surface area (Å²) in [5.41, 5.74) is 18.0. The molecule has 0 atom stereocenters. The molecule has 0 aliphatic rings. The summed E-state index contributed by atoms with van der Waals surface area (Å²) in [6.07, 6.45) is 5.50. The Balaban J connectivity index is 0.000000905. The monoisotopic (exact) mass is 1040 g/mol. The molecule has 16 nitrogen and oxygen atoms in total. The number of hydrogen-bond donors (Lipinski definition) is 6. The smallest absolute Gasteiger partial charge is 0.261 e. The second-order valence-corrected chi connectivity index (χ2v) is 25.1. The van der Waals surface area contributed by atoms with Crippen molar-refractivity contribution in [1.29, 1.82) is 0 Å². The van der Waals surface area contributed by atoms with Gasteiger partial charge in [0.15, 0.2) is 0 Å². The van der Waals surface area contributed by atoms with Gasteiger partial charge in [-0.3, -0.25) is 0 Å². The summed E-state index contributed by atoms with van der Waals surface area (Å²) < 4.78 is 91.9. The molecule has 20 heteroatoms. The number of benzene rings is 3. The third-order valence-electron chi connectivity index (χ3n) is 9.74. The second kappa shape index (κ2) is 28.6. The highest BCUT2D eigenvalue weighted by molar-refractivity contribution is 8.13. The van der Waals surface area contributed by atoms with E-state index in [-0.39, 0.29) is 51.7 Å². The zero-order valence-corrected chi connectivity index (χ0v) is 43.5. The van der Waals surface area contributed by atoms with Crippen molar-refractivity contribution in [2.45, 2.75) is 98.8 Å². The summed E-state index contributed by atoms with van der Waals surface area (Å²) in [5.74, 6) is 0.777. The molecule has 6 rings (SSSR count). The van der Waals surface area contributed by atoms with Crippen molar-refractivity contribution in [2.75, 3.05) is 45.8 Å². The molecule has 0 spiro atoms. The summed E-state index contributed by atoms with van der Waals surface area (Å²) in [7, 11) is -5.52. The quantitative estimate of drug-likeness (QED) is 0.0367. The van der Waals surface area contributed by atoms with E-state index >= 15 is 0 Å². The van der Waals surface area contributed by atoms with Crippen molar-refractivity contribution < 1.29 is 43.3 Å². The number of furan rings is 3. The Labute approximate surface area is 416 Å². The predicted octanol–water partition coefficient (Wildman–Crippen LogP) is 9.08. The molecule has 9 N–H and O–H groups in total. The van der Waals surface area contributed by atoms with Gasteiger partial charge in [0, 0.05) is 52.4 Å².